The molecule has 0 unspecified atom stereocenters. The highest BCUT2D eigenvalue weighted by atomic mass is 32.2. The van der Waals surface area contributed by atoms with Gasteiger partial charge in [0.05, 0.1) is 24.7 Å². The minimum Gasteiger partial charge on any atom is -0.492 e. The van der Waals surface area contributed by atoms with Crippen LogP contribution in [-0.2, 0) is 0 Å². The summed E-state index contributed by atoms with van der Waals surface area (Å²) in [5.41, 5.74) is 0.502. The summed E-state index contributed by atoms with van der Waals surface area (Å²) in [5.74, 6) is 1.11. The van der Waals surface area contributed by atoms with E-state index in [1.165, 1.54) is 7.11 Å². The number of benzene rings is 1. The second-order valence-electron chi connectivity index (χ2n) is 2.54. The van der Waals surface area contributed by atoms with Crippen LogP contribution in [-0.4, -0.2) is 26.8 Å². The molecule has 0 saturated heterocycles. The molecule has 0 aliphatic rings. The molecule has 1 aromatic rings. The summed E-state index contributed by atoms with van der Waals surface area (Å²) in [5, 5.41) is 0. The van der Waals surface area contributed by atoms with Gasteiger partial charge >= 0.3 is 0 Å². The van der Waals surface area contributed by atoms with Gasteiger partial charge in [0.25, 0.3) is 0 Å². The second-order valence-corrected chi connectivity index (χ2v) is 3.39. The maximum atomic E-state index is 10.7. The Bertz CT molecular complexity index is 336. The van der Waals surface area contributed by atoms with Crippen molar-refractivity contribution in [3.05, 3.63) is 17.7 Å². The molecule has 76 valence electrons. The Morgan fingerprint density at radius 3 is 2.29 bits per heavy atom. The molecule has 0 heterocycles. The number of ether oxygens (including phenoxy) is 2. The van der Waals surface area contributed by atoms with E-state index in [2.05, 4.69) is 0 Å². The van der Waals surface area contributed by atoms with Gasteiger partial charge in [0, 0.05) is 0 Å². The predicted octanol–water partition coefficient (Wildman–Crippen LogP) is 2.24. The van der Waals surface area contributed by atoms with Gasteiger partial charge < -0.3 is 9.47 Å². The molecule has 0 aliphatic heterocycles. The number of carbonyl (C=O) groups excluding carboxylic acids is 1. The van der Waals surface area contributed by atoms with Crippen molar-refractivity contribution in [2.45, 2.75) is 4.90 Å². The molecule has 0 bridgehead atoms. The van der Waals surface area contributed by atoms with E-state index in [4.69, 9.17) is 9.47 Å². The van der Waals surface area contributed by atoms with Crippen molar-refractivity contribution in [2.75, 3.05) is 20.5 Å². The monoisotopic (exact) mass is 212 g/mol. The highest BCUT2D eigenvalue weighted by Crippen LogP contribution is 2.38. The summed E-state index contributed by atoms with van der Waals surface area (Å²) in [7, 11) is 3.08. The maximum absolute atomic E-state index is 10.7. The Balaban J connectivity index is 3.35. The van der Waals surface area contributed by atoms with Gasteiger partial charge in [-0.2, -0.15) is 0 Å². The Labute approximate surface area is 87.4 Å². The van der Waals surface area contributed by atoms with Crippen LogP contribution in [0.3, 0.4) is 0 Å². The van der Waals surface area contributed by atoms with Gasteiger partial charge in [0.1, 0.15) is 0 Å². The van der Waals surface area contributed by atoms with Crippen molar-refractivity contribution in [2.24, 2.45) is 0 Å². The molecule has 0 spiro atoms. The quantitative estimate of drug-likeness (QED) is 0.566. The number of hydrogen-bond acceptors (Lipinski definition) is 4. The summed E-state index contributed by atoms with van der Waals surface area (Å²) in [4.78, 5) is 11.7. The maximum Gasteiger partial charge on any atom is 0.175 e. The fourth-order valence-corrected chi connectivity index (χ4v) is 1.78. The summed E-state index contributed by atoms with van der Waals surface area (Å²) >= 11 is 1.55. The van der Waals surface area contributed by atoms with Gasteiger partial charge in [-0.25, -0.2) is 0 Å². The first-order chi connectivity index (χ1) is 6.78. The predicted molar refractivity (Wildman–Crippen MR) is 56.7 cm³/mol. The minimum atomic E-state index is 0.495. The van der Waals surface area contributed by atoms with Gasteiger partial charge in [-0.15, -0.1) is 11.8 Å². The fourth-order valence-electron chi connectivity index (χ4n) is 1.22. The first-order valence-electron chi connectivity index (χ1n) is 4.02. The lowest BCUT2D eigenvalue weighted by Crippen LogP contribution is -1.96. The van der Waals surface area contributed by atoms with Gasteiger partial charge in [0.15, 0.2) is 17.8 Å². The van der Waals surface area contributed by atoms with Crippen LogP contribution >= 0.6 is 11.8 Å². The van der Waals surface area contributed by atoms with Crippen molar-refractivity contribution in [3.8, 4) is 11.5 Å². The molecular weight excluding hydrogens is 200 g/mol. The van der Waals surface area contributed by atoms with Gasteiger partial charge in [-0.1, -0.05) is 0 Å². The zero-order chi connectivity index (χ0) is 10.6. The minimum absolute atomic E-state index is 0.495. The van der Waals surface area contributed by atoms with Crippen LogP contribution in [0.15, 0.2) is 17.0 Å². The number of methoxy groups -OCH3 is 2. The molecule has 0 atom stereocenters. The molecular formula is C10H12O3S. The van der Waals surface area contributed by atoms with E-state index in [9.17, 15) is 4.79 Å². The number of aldehydes is 1. The van der Waals surface area contributed by atoms with Crippen LogP contribution < -0.4 is 9.47 Å². The first kappa shape index (κ1) is 10.9. The third-order valence-electron chi connectivity index (χ3n) is 1.86. The standard InChI is InChI=1S/C10H12O3S/c1-12-9-7(6-11)4-5-8(14-3)10(9)13-2/h4-6H,1-3H3. The summed E-state index contributed by atoms with van der Waals surface area (Å²) in [6, 6.07) is 3.57. The van der Waals surface area contributed by atoms with Crippen molar-refractivity contribution in [1.82, 2.24) is 0 Å². The van der Waals surface area contributed by atoms with Crippen LogP contribution in [0, 0.1) is 0 Å². The van der Waals surface area contributed by atoms with Crippen LogP contribution in [0.4, 0.5) is 0 Å². The number of thioether (sulfide) groups is 1. The number of carbonyl (C=O) groups is 1. The third-order valence-corrected chi connectivity index (χ3v) is 2.62. The molecule has 0 fully saturated rings. The smallest absolute Gasteiger partial charge is 0.175 e. The molecule has 0 saturated carbocycles. The third kappa shape index (κ3) is 1.85. The van der Waals surface area contributed by atoms with Gasteiger partial charge in [-0.05, 0) is 18.4 Å². The topological polar surface area (TPSA) is 35.5 Å². The van der Waals surface area contributed by atoms with E-state index < -0.39 is 0 Å². The lowest BCUT2D eigenvalue weighted by molar-refractivity contribution is 0.112. The van der Waals surface area contributed by atoms with E-state index in [-0.39, 0.29) is 0 Å². The number of rotatable bonds is 4. The highest BCUT2D eigenvalue weighted by Gasteiger charge is 2.13. The summed E-state index contributed by atoms with van der Waals surface area (Å²) in [6.07, 6.45) is 2.70. The van der Waals surface area contributed by atoms with Crippen molar-refractivity contribution < 1.29 is 14.3 Å². The van der Waals surface area contributed by atoms with Crippen molar-refractivity contribution in [3.63, 3.8) is 0 Å². The van der Waals surface area contributed by atoms with E-state index in [0.29, 0.717) is 17.1 Å². The normalized spacial score (nSPS) is 9.64. The van der Waals surface area contributed by atoms with Crippen molar-refractivity contribution >= 4 is 18.0 Å². The fraction of sp³-hybridized carbons (Fsp3) is 0.300. The molecule has 14 heavy (non-hydrogen) atoms. The molecule has 1 aromatic carbocycles. The van der Waals surface area contributed by atoms with Crippen LogP contribution in [0.2, 0.25) is 0 Å². The van der Waals surface area contributed by atoms with Gasteiger partial charge in [-0.3, -0.25) is 4.79 Å². The van der Waals surface area contributed by atoms with E-state index in [1.807, 2.05) is 12.3 Å². The molecule has 4 heteroatoms. The molecule has 0 amide bonds. The molecule has 1 rings (SSSR count). The summed E-state index contributed by atoms with van der Waals surface area (Å²) < 4.78 is 10.3. The Hall–Kier alpha value is -1.16. The Kier molecular flexibility index (Phi) is 3.83. The SMILES string of the molecule is COc1c(C=O)ccc(SC)c1OC. The zero-order valence-corrected chi connectivity index (χ0v) is 9.18. The largest absolute Gasteiger partial charge is 0.492 e. The molecule has 3 nitrogen and oxygen atoms in total. The summed E-state index contributed by atoms with van der Waals surface area (Å²) in [6.45, 7) is 0. The second kappa shape index (κ2) is 4.91. The molecule has 0 radical (unpaired) electrons. The first-order valence-corrected chi connectivity index (χ1v) is 5.25. The zero-order valence-electron chi connectivity index (χ0n) is 8.37. The molecule has 0 aliphatic carbocycles. The highest BCUT2D eigenvalue weighted by molar-refractivity contribution is 7.98. The Morgan fingerprint density at radius 1 is 1.21 bits per heavy atom. The van der Waals surface area contributed by atoms with Gasteiger partial charge in [0.2, 0.25) is 0 Å². The van der Waals surface area contributed by atoms with E-state index in [0.717, 1.165) is 11.2 Å². The van der Waals surface area contributed by atoms with E-state index >= 15 is 0 Å². The van der Waals surface area contributed by atoms with Crippen LogP contribution in [0.5, 0.6) is 11.5 Å². The molecule has 0 aromatic heterocycles. The lowest BCUT2D eigenvalue weighted by atomic mass is 10.2. The van der Waals surface area contributed by atoms with Crippen LogP contribution in [0.25, 0.3) is 0 Å². The average Bonchev–Trinajstić information content (AvgIpc) is 2.26. The number of hydrogen-bond donors (Lipinski definition) is 0. The average molecular weight is 212 g/mol. The Morgan fingerprint density at radius 2 is 1.86 bits per heavy atom. The van der Waals surface area contributed by atoms with Crippen molar-refractivity contribution in [1.29, 1.82) is 0 Å². The van der Waals surface area contributed by atoms with E-state index in [1.54, 1.807) is 24.9 Å². The van der Waals surface area contributed by atoms with Crippen LogP contribution in [0.1, 0.15) is 10.4 Å². The lowest BCUT2D eigenvalue weighted by Gasteiger charge is -2.12. The molecule has 0 N–H and O–H groups in total.